The molecule has 1 aliphatic carbocycles. The fourth-order valence-electron chi connectivity index (χ4n) is 6.03. The lowest BCUT2D eigenvalue weighted by Gasteiger charge is -2.30. The zero-order valence-corrected chi connectivity index (χ0v) is 23.9. The lowest BCUT2D eigenvalue weighted by Crippen LogP contribution is -2.18. The minimum atomic E-state index is -0.759. The molecule has 0 radical (unpaired) electrons. The number of carbonyl (C=O) groups is 1. The average Bonchev–Trinajstić information content (AvgIpc) is 3.27. The molecule has 5 heteroatoms. The fraction of sp³-hybridized carbons (Fsp3) is 0.424. The summed E-state index contributed by atoms with van der Waals surface area (Å²) in [6.45, 7) is 8.48. The van der Waals surface area contributed by atoms with E-state index in [1.54, 1.807) is 37.9 Å². The maximum absolute atomic E-state index is 15.1. The van der Waals surface area contributed by atoms with Gasteiger partial charge in [-0.15, -0.1) is 11.8 Å². The van der Waals surface area contributed by atoms with Crippen molar-refractivity contribution in [1.82, 2.24) is 0 Å². The monoisotopic (exact) mass is 534 g/mol. The molecular weight excluding hydrogens is 495 g/mol. The van der Waals surface area contributed by atoms with Crippen molar-refractivity contribution in [3.05, 3.63) is 83.2 Å². The van der Waals surface area contributed by atoms with E-state index >= 15 is 4.39 Å². The van der Waals surface area contributed by atoms with Crippen LogP contribution in [0.3, 0.4) is 0 Å². The summed E-state index contributed by atoms with van der Waals surface area (Å²) in [5.41, 5.74) is 5.19. The van der Waals surface area contributed by atoms with E-state index < -0.39 is 11.9 Å². The standard InChI is InChI=1S/C33H39FO3S/c1-6-26(21(2)32(35)36)23-9-7-10-25(18-23)38-20-22-12-14-27(29-19-24(37-5)13-15-31(29)34)28(17-22)30-11-8-16-33(30,3)4/h7,9-10,12-15,17-19,21,26,30H,6,8,11,16,20H2,1-5H3,(H,35,36)/t21?,26-,30+/m1/s1. The molecule has 3 aromatic rings. The van der Waals surface area contributed by atoms with Crippen LogP contribution in [0.1, 0.15) is 81.9 Å². The Bertz CT molecular complexity index is 1280. The molecule has 1 fully saturated rings. The molecule has 0 aromatic heterocycles. The first kappa shape index (κ1) is 28.2. The number of methoxy groups -OCH3 is 1. The highest BCUT2D eigenvalue weighted by Crippen LogP contribution is 2.51. The van der Waals surface area contributed by atoms with Gasteiger partial charge in [0.1, 0.15) is 11.6 Å². The number of rotatable bonds is 10. The zero-order chi connectivity index (χ0) is 27.4. The second-order valence-corrected chi connectivity index (χ2v) is 12.3. The van der Waals surface area contributed by atoms with Crippen LogP contribution in [0.25, 0.3) is 11.1 Å². The molecule has 0 aliphatic heterocycles. The van der Waals surface area contributed by atoms with E-state index in [-0.39, 0.29) is 17.2 Å². The summed E-state index contributed by atoms with van der Waals surface area (Å²) in [5, 5.41) is 9.53. The Kier molecular flexibility index (Phi) is 8.87. The SMILES string of the molecule is CC[C@@H](c1cccc(SCc2ccc(-c3cc(OC)ccc3F)c([C@@H]3CCCC3(C)C)c2)c1)C(C)C(=O)O. The molecule has 3 aromatic carbocycles. The smallest absolute Gasteiger partial charge is 0.306 e. The molecule has 0 saturated heterocycles. The highest BCUT2D eigenvalue weighted by atomic mass is 32.2. The van der Waals surface area contributed by atoms with Gasteiger partial charge >= 0.3 is 5.97 Å². The van der Waals surface area contributed by atoms with Crippen LogP contribution in [-0.4, -0.2) is 18.2 Å². The van der Waals surface area contributed by atoms with Gasteiger partial charge in [0.25, 0.3) is 0 Å². The van der Waals surface area contributed by atoms with Crippen molar-refractivity contribution >= 4 is 17.7 Å². The van der Waals surface area contributed by atoms with Crippen molar-refractivity contribution in [3.63, 3.8) is 0 Å². The van der Waals surface area contributed by atoms with Crippen molar-refractivity contribution in [2.75, 3.05) is 7.11 Å². The van der Waals surface area contributed by atoms with Gasteiger partial charge in [-0.2, -0.15) is 0 Å². The molecule has 38 heavy (non-hydrogen) atoms. The first-order chi connectivity index (χ1) is 18.1. The van der Waals surface area contributed by atoms with Gasteiger partial charge in [-0.1, -0.05) is 64.4 Å². The number of thioether (sulfide) groups is 1. The second kappa shape index (κ2) is 11.9. The maximum Gasteiger partial charge on any atom is 0.306 e. The van der Waals surface area contributed by atoms with Crippen molar-refractivity contribution in [2.45, 2.75) is 75.9 Å². The highest BCUT2D eigenvalue weighted by molar-refractivity contribution is 7.98. The molecule has 0 spiro atoms. The van der Waals surface area contributed by atoms with Crippen LogP contribution in [0.4, 0.5) is 4.39 Å². The second-order valence-electron chi connectivity index (χ2n) is 11.2. The van der Waals surface area contributed by atoms with Crippen molar-refractivity contribution < 1.29 is 19.0 Å². The summed E-state index contributed by atoms with van der Waals surface area (Å²) in [7, 11) is 1.61. The molecule has 1 saturated carbocycles. The van der Waals surface area contributed by atoms with E-state index in [0.29, 0.717) is 17.2 Å². The van der Waals surface area contributed by atoms with Crippen molar-refractivity contribution in [1.29, 1.82) is 0 Å². The van der Waals surface area contributed by atoms with Gasteiger partial charge in [-0.3, -0.25) is 4.79 Å². The Morgan fingerprint density at radius 1 is 1.13 bits per heavy atom. The third-order valence-corrected chi connectivity index (χ3v) is 9.40. The van der Waals surface area contributed by atoms with Crippen molar-refractivity contribution in [2.24, 2.45) is 11.3 Å². The van der Waals surface area contributed by atoms with Crippen LogP contribution in [-0.2, 0) is 10.5 Å². The van der Waals surface area contributed by atoms with Gasteiger partial charge in [0.2, 0.25) is 0 Å². The predicted molar refractivity (Wildman–Crippen MR) is 155 cm³/mol. The van der Waals surface area contributed by atoms with Crippen LogP contribution in [0.15, 0.2) is 65.6 Å². The number of hydrogen-bond donors (Lipinski definition) is 1. The number of halogens is 1. The van der Waals surface area contributed by atoms with Crippen LogP contribution in [0, 0.1) is 17.2 Å². The Labute approximate surface area is 230 Å². The van der Waals surface area contributed by atoms with Crippen molar-refractivity contribution in [3.8, 4) is 16.9 Å². The minimum Gasteiger partial charge on any atom is -0.497 e. The molecule has 0 bridgehead atoms. The number of ether oxygens (including phenoxy) is 1. The Morgan fingerprint density at radius 3 is 2.58 bits per heavy atom. The van der Waals surface area contributed by atoms with Gasteiger partial charge in [0, 0.05) is 16.2 Å². The molecule has 4 rings (SSSR count). The molecule has 0 amide bonds. The quantitative estimate of drug-likeness (QED) is 0.263. The molecule has 3 nitrogen and oxygen atoms in total. The van der Waals surface area contributed by atoms with E-state index in [2.05, 4.69) is 44.2 Å². The maximum atomic E-state index is 15.1. The molecule has 0 heterocycles. The molecule has 202 valence electrons. The van der Waals surface area contributed by atoms with Gasteiger partial charge < -0.3 is 9.84 Å². The number of benzene rings is 3. The summed E-state index contributed by atoms with van der Waals surface area (Å²) >= 11 is 1.76. The fourth-order valence-corrected chi connectivity index (χ4v) is 6.94. The largest absolute Gasteiger partial charge is 0.497 e. The van der Waals surface area contributed by atoms with Crippen LogP contribution < -0.4 is 4.74 Å². The predicted octanol–water partition coefficient (Wildman–Crippen LogP) is 9.30. The van der Waals surface area contributed by atoms with E-state index in [1.165, 1.54) is 23.6 Å². The molecular formula is C33H39FO3S. The average molecular weight is 535 g/mol. The third kappa shape index (κ3) is 6.09. The lowest BCUT2D eigenvalue weighted by molar-refractivity contribution is -0.141. The summed E-state index contributed by atoms with van der Waals surface area (Å²) < 4.78 is 20.5. The van der Waals surface area contributed by atoms with Gasteiger partial charge in [-0.25, -0.2) is 4.39 Å². The summed E-state index contributed by atoms with van der Waals surface area (Å²) in [5.74, 6) is 0.367. The Morgan fingerprint density at radius 2 is 1.92 bits per heavy atom. The summed E-state index contributed by atoms with van der Waals surface area (Å²) in [4.78, 5) is 12.7. The van der Waals surface area contributed by atoms with Gasteiger partial charge in [-0.05, 0) is 89.1 Å². The van der Waals surface area contributed by atoms with E-state index in [4.69, 9.17) is 4.74 Å². The first-order valence-corrected chi connectivity index (χ1v) is 14.6. The van der Waals surface area contributed by atoms with E-state index in [9.17, 15) is 9.90 Å². The van der Waals surface area contributed by atoms with Crippen LogP contribution >= 0.6 is 11.8 Å². The topological polar surface area (TPSA) is 46.5 Å². The van der Waals surface area contributed by atoms with E-state index in [0.717, 1.165) is 41.0 Å². The van der Waals surface area contributed by atoms with Gasteiger partial charge in [0.15, 0.2) is 0 Å². The summed E-state index contributed by atoms with van der Waals surface area (Å²) in [6.07, 6.45) is 4.22. The number of carboxylic acids is 1. The normalized spacial score (nSPS) is 18.2. The number of hydrogen-bond acceptors (Lipinski definition) is 3. The Hall–Kier alpha value is -2.79. The van der Waals surface area contributed by atoms with Crippen LogP contribution in [0.2, 0.25) is 0 Å². The highest BCUT2D eigenvalue weighted by Gasteiger charge is 2.37. The minimum absolute atomic E-state index is 0.0127. The molecule has 1 unspecified atom stereocenters. The number of carboxylic acid groups (broad SMARTS) is 1. The number of aliphatic carboxylic acids is 1. The van der Waals surface area contributed by atoms with Crippen LogP contribution in [0.5, 0.6) is 5.75 Å². The van der Waals surface area contributed by atoms with Gasteiger partial charge in [0.05, 0.1) is 13.0 Å². The molecule has 1 aliphatic rings. The first-order valence-electron chi connectivity index (χ1n) is 13.6. The third-order valence-electron chi connectivity index (χ3n) is 8.34. The zero-order valence-electron chi connectivity index (χ0n) is 23.1. The lowest BCUT2D eigenvalue weighted by atomic mass is 9.75. The van der Waals surface area contributed by atoms with E-state index in [1.807, 2.05) is 19.1 Å². The molecule has 3 atom stereocenters. The summed E-state index contributed by atoms with van der Waals surface area (Å²) in [6, 6.07) is 19.7. The molecule has 1 N–H and O–H groups in total. The Balaban J connectivity index is 1.65.